The van der Waals surface area contributed by atoms with E-state index in [1.165, 1.54) is 0 Å². The van der Waals surface area contributed by atoms with Crippen molar-refractivity contribution in [3.05, 3.63) is 16.6 Å². The molecule has 1 aromatic rings. The zero-order valence-electron chi connectivity index (χ0n) is 7.55. The number of nitrogens with zero attached hydrogens (tertiary/aromatic N) is 3. The van der Waals surface area contributed by atoms with Crippen LogP contribution in [0.3, 0.4) is 0 Å². The number of hydrogen-bond acceptors (Lipinski definition) is 3. The number of nitrogens with two attached hydrogens (primary N) is 3. The van der Waals surface area contributed by atoms with Crippen molar-refractivity contribution < 1.29 is 0 Å². The van der Waals surface area contributed by atoms with Gasteiger partial charge in [-0.25, -0.2) is 4.98 Å². The lowest BCUT2D eigenvalue weighted by atomic mass is 10.4. The van der Waals surface area contributed by atoms with Gasteiger partial charge in [0.25, 0.3) is 0 Å². The Kier molecular flexibility index (Phi) is 3.86. The van der Waals surface area contributed by atoms with Gasteiger partial charge in [-0.1, -0.05) is 0 Å². The van der Waals surface area contributed by atoms with Crippen molar-refractivity contribution in [2.24, 2.45) is 27.2 Å². The normalized spacial score (nSPS) is 11.3. The van der Waals surface area contributed by atoms with E-state index in [9.17, 15) is 0 Å². The van der Waals surface area contributed by atoms with Crippen LogP contribution in [0.5, 0.6) is 0 Å². The third-order valence-corrected chi connectivity index (χ3v) is 2.17. The predicted molar refractivity (Wildman–Crippen MR) is 58.1 cm³/mol. The smallest absolute Gasteiger partial charge is 0.218 e. The SMILES string of the molecule is NC(N)=NC(N)=NCCc1nccs1. The molecule has 14 heavy (non-hydrogen) atoms. The molecular weight excluding hydrogens is 200 g/mol. The first kappa shape index (κ1) is 10.5. The molecule has 1 rings (SSSR count). The highest BCUT2D eigenvalue weighted by atomic mass is 32.1. The molecule has 0 unspecified atom stereocenters. The summed E-state index contributed by atoms with van der Waals surface area (Å²) in [4.78, 5) is 11.6. The quantitative estimate of drug-likeness (QED) is 0.452. The number of aromatic nitrogens is 1. The molecule has 0 spiro atoms. The summed E-state index contributed by atoms with van der Waals surface area (Å²) >= 11 is 1.58. The second kappa shape index (κ2) is 5.18. The van der Waals surface area contributed by atoms with Gasteiger partial charge in [-0.15, -0.1) is 11.3 Å². The van der Waals surface area contributed by atoms with Gasteiger partial charge in [0.1, 0.15) is 0 Å². The van der Waals surface area contributed by atoms with Gasteiger partial charge in [-0.05, 0) is 0 Å². The maximum Gasteiger partial charge on any atom is 0.218 e. The minimum atomic E-state index is -0.0829. The molecule has 6 nitrogen and oxygen atoms in total. The maximum absolute atomic E-state index is 5.40. The van der Waals surface area contributed by atoms with Crippen LogP contribution < -0.4 is 17.2 Å². The molecule has 1 aromatic heterocycles. The number of aliphatic imine (C=N–C) groups is 2. The van der Waals surface area contributed by atoms with Crippen LogP contribution in [0, 0.1) is 0 Å². The third-order valence-electron chi connectivity index (χ3n) is 1.33. The van der Waals surface area contributed by atoms with Crippen molar-refractivity contribution in [2.45, 2.75) is 6.42 Å². The Morgan fingerprint density at radius 2 is 2.21 bits per heavy atom. The summed E-state index contributed by atoms with van der Waals surface area (Å²) in [7, 11) is 0. The van der Waals surface area contributed by atoms with E-state index in [1.807, 2.05) is 5.38 Å². The van der Waals surface area contributed by atoms with E-state index in [4.69, 9.17) is 17.2 Å². The number of guanidine groups is 2. The van der Waals surface area contributed by atoms with Crippen LogP contribution in [0.4, 0.5) is 0 Å². The van der Waals surface area contributed by atoms with E-state index in [0.29, 0.717) is 6.54 Å². The average molecular weight is 212 g/mol. The van der Waals surface area contributed by atoms with Crippen molar-refractivity contribution in [3.8, 4) is 0 Å². The largest absolute Gasteiger partial charge is 0.370 e. The predicted octanol–water partition coefficient (Wildman–Crippen LogP) is -0.726. The molecule has 0 aliphatic carbocycles. The Balaban J connectivity index is 2.37. The Labute approximate surface area is 85.6 Å². The molecule has 0 saturated carbocycles. The van der Waals surface area contributed by atoms with Crippen LogP contribution in [-0.4, -0.2) is 23.4 Å². The Morgan fingerprint density at radius 3 is 2.79 bits per heavy atom. The maximum atomic E-state index is 5.40. The molecule has 1 heterocycles. The van der Waals surface area contributed by atoms with Gasteiger partial charge in [0.2, 0.25) is 5.96 Å². The van der Waals surface area contributed by atoms with Crippen LogP contribution in [0.1, 0.15) is 5.01 Å². The standard InChI is InChI=1S/C7H12N6S/c8-6(9)13-7(10)12-2-1-5-11-3-4-14-5/h3-4H,1-2H2,(H6,8,9,10,12,13). The molecule has 0 fully saturated rings. The lowest BCUT2D eigenvalue weighted by Gasteiger charge is -1.94. The van der Waals surface area contributed by atoms with Crippen molar-refractivity contribution in [3.63, 3.8) is 0 Å². The van der Waals surface area contributed by atoms with Crippen LogP contribution in [-0.2, 0) is 6.42 Å². The summed E-state index contributed by atoms with van der Waals surface area (Å²) in [5.74, 6) is 0.0158. The molecule has 0 aliphatic heterocycles. The first-order valence-corrected chi connectivity index (χ1v) is 4.84. The summed E-state index contributed by atoms with van der Waals surface area (Å²) in [6.07, 6.45) is 2.50. The van der Waals surface area contributed by atoms with Crippen LogP contribution in [0.15, 0.2) is 21.6 Å². The van der Waals surface area contributed by atoms with E-state index in [1.54, 1.807) is 17.5 Å². The Morgan fingerprint density at radius 1 is 1.43 bits per heavy atom. The van der Waals surface area contributed by atoms with Crippen molar-refractivity contribution in [1.29, 1.82) is 0 Å². The molecule has 0 aliphatic rings. The first-order chi connectivity index (χ1) is 6.68. The number of hydrogen-bond donors (Lipinski definition) is 3. The van der Waals surface area contributed by atoms with Crippen molar-refractivity contribution in [1.82, 2.24) is 4.98 Å². The van der Waals surface area contributed by atoms with E-state index >= 15 is 0 Å². The van der Waals surface area contributed by atoms with Crippen LogP contribution in [0.25, 0.3) is 0 Å². The summed E-state index contributed by atoms with van der Waals surface area (Å²) in [6, 6.07) is 0. The minimum absolute atomic E-state index is 0.0829. The highest BCUT2D eigenvalue weighted by molar-refractivity contribution is 7.09. The van der Waals surface area contributed by atoms with E-state index in [2.05, 4.69) is 15.0 Å². The summed E-state index contributed by atoms with van der Waals surface area (Å²) < 4.78 is 0. The van der Waals surface area contributed by atoms with Crippen molar-refractivity contribution >= 4 is 23.3 Å². The topological polar surface area (TPSA) is 116 Å². The third kappa shape index (κ3) is 3.85. The van der Waals surface area contributed by atoms with Gasteiger partial charge >= 0.3 is 0 Å². The molecule has 0 saturated heterocycles. The fourth-order valence-corrected chi connectivity index (χ4v) is 1.42. The first-order valence-electron chi connectivity index (χ1n) is 3.96. The molecular formula is C7H12N6S. The van der Waals surface area contributed by atoms with Gasteiger partial charge in [0.15, 0.2) is 5.96 Å². The molecule has 0 radical (unpaired) electrons. The Hall–Kier alpha value is -1.63. The lowest BCUT2D eigenvalue weighted by molar-refractivity contribution is 0.947. The highest BCUT2D eigenvalue weighted by Crippen LogP contribution is 2.04. The van der Waals surface area contributed by atoms with E-state index in [0.717, 1.165) is 11.4 Å². The average Bonchev–Trinajstić information content (AvgIpc) is 2.55. The molecule has 6 N–H and O–H groups in total. The van der Waals surface area contributed by atoms with Gasteiger partial charge < -0.3 is 17.2 Å². The molecule has 0 aromatic carbocycles. The lowest BCUT2D eigenvalue weighted by Crippen LogP contribution is -2.26. The van der Waals surface area contributed by atoms with E-state index in [-0.39, 0.29) is 11.9 Å². The van der Waals surface area contributed by atoms with E-state index < -0.39 is 0 Å². The second-order valence-electron chi connectivity index (χ2n) is 2.45. The van der Waals surface area contributed by atoms with Gasteiger partial charge in [-0.3, -0.25) is 4.99 Å². The van der Waals surface area contributed by atoms with Gasteiger partial charge in [-0.2, -0.15) is 4.99 Å². The fourth-order valence-electron chi connectivity index (χ4n) is 0.810. The summed E-state index contributed by atoms with van der Waals surface area (Å²) in [5.41, 5.74) is 15.6. The van der Waals surface area contributed by atoms with Crippen LogP contribution in [0.2, 0.25) is 0 Å². The molecule has 0 atom stereocenters. The molecule has 0 bridgehead atoms. The molecule has 0 amide bonds. The minimum Gasteiger partial charge on any atom is -0.370 e. The molecule has 7 heteroatoms. The monoisotopic (exact) mass is 212 g/mol. The zero-order valence-corrected chi connectivity index (χ0v) is 8.37. The van der Waals surface area contributed by atoms with Crippen molar-refractivity contribution in [2.75, 3.05) is 6.54 Å². The summed E-state index contributed by atoms with van der Waals surface area (Å²) in [6.45, 7) is 0.538. The zero-order chi connectivity index (χ0) is 10.4. The van der Waals surface area contributed by atoms with Gasteiger partial charge in [0.05, 0.1) is 5.01 Å². The Bertz CT molecular complexity index is 324. The van der Waals surface area contributed by atoms with Gasteiger partial charge in [0, 0.05) is 24.5 Å². The number of rotatable bonds is 3. The second-order valence-corrected chi connectivity index (χ2v) is 3.43. The highest BCUT2D eigenvalue weighted by Gasteiger charge is 1.94. The number of thiazole rings is 1. The van der Waals surface area contributed by atoms with Crippen LogP contribution >= 0.6 is 11.3 Å². The molecule has 76 valence electrons. The summed E-state index contributed by atoms with van der Waals surface area (Å²) in [5, 5.41) is 2.93. The fraction of sp³-hybridized carbons (Fsp3) is 0.286.